The highest BCUT2D eigenvalue weighted by Crippen LogP contribution is 2.18. The van der Waals surface area contributed by atoms with Gasteiger partial charge in [-0.1, -0.05) is 35.5 Å². The number of rotatable bonds is 8. The lowest BCUT2D eigenvalue weighted by Crippen LogP contribution is -2.35. The number of methoxy groups -OCH3 is 1. The van der Waals surface area contributed by atoms with Crippen molar-refractivity contribution in [3.05, 3.63) is 60.2 Å². The minimum atomic E-state index is -0.799. The van der Waals surface area contributed by atoms with Gasteiger partial charge in [0.2, 0.25) is 5.91 Å². The van der Waals surface area contributed by atoms with E-state index in [0.29, 0.717) is 17.0 Å². The molecule has 1 amide bonds. The molecule has 0 saturated carbocycles. The highest BCUT2D eigenvalue weighted by Gasteiger charge is 2.27. The predicted molar refractivity (Wildman–Crippen MR) is 99.5 cm³/mol. The second kappa shape index (κ2) is 9.55. The van der Waals surface area contributed by atoms with Crippen LogP contribution in [0, 0.1) is 5.92 Å². The summed E-state index contributed by atoms with van der Waals surface area (Å²) in [6.07, 6.45) is 0. The molecule has 0 bridgehead atoms. The molecule has 2 aromatic carbocycles. The first-order chi connectivity index (χ1) is 12.5. The van der Waals surface area contributed by atoms with E-state index in [1.165, 1.54) is 5.06 Å². The number of hydroxylamine groups is 2. The van der Waals surface area contributed by atoms with E-state index in [9.17, 15) is 10.0 Å². The number of ether oxygens (including phenoxy) is 1. The topological polar surface area (TPSA) is 83.4 Å². The summed E-state index contributed by atoms with van der Waals surface area (Å²) in [4.78, 5) is 18.3. The van der Waals surface area contributed by atoms with Crippen LogP contribution >= 0.6 is 0 Å². The maximum Gasteiger partial charge on any atom is 0.236 e. The van der Waals surface area contributed by atoms with Gasteiger partial charge < -0.3 is 15.3 Å². The van der Waals surface area contributed by atoms with Gasteiger partial charge in [-0.25, -0.2) is 0 Å². The zero-order chi connectivity index (χ0) is 18.9. The van der Waals surface area contributed by atoms with Gasteiger partial charge in [-0.2, -0.15) is 5.06 Å². The number of nitrogens with zero attached hydrogens (tertiary/aromatic N) is 2. The second-order valence-electron chi connectivity index (χ2n) is 5.73. The number of hydrogen-bond acceptors (Lipinski definition) is 6. The molecule has 26 heavy (non-hydrogen) atoms. The first-order valence-corrected chi connectivity index (χ1v) is 8.07. The zero-order valence-corrected chi connectivity index (χ0v) is 15.0. The normalized spacial score (nSPS) is 12.7. The van der Waals surface area contributed by atoms with Crippen molar-refractivity contribution in [3.8, 4) is 5.75 Å². The average Bonchev–Trinajstić information content (AvgIpc) is 2.66. The van der Waals surface area contributed by atoms with Gasteiger partial charge >= 0.3 is 0 Å². The Morgan fingerprint density at radius 3 is 2.35 bits per heavy atom. The van der Waals surface area contributed by atoms with Crippen LogP contribution in [0.5, 0.6) is 5.75 Å². The van der Waals surface area contributed by atoms with E-state index in [1.54, 1.807) is 57.6 Å². The van der Waals surface area contributed by atoms with E-state index in [-0.39, 0.29) is 18.2 Å². The average molecular weight is 357 g/mol. The molecule has 0 heterocycles. The van der Waals surface area contributed by atoms with Crippen molar-refractivity contribution < 1.29 is 19.6 Å². The van der Waals surface area contributed by atoms with Crippen LogP contribution in [0.3, 0.4) is 0 Å². The first kappa shape index (κ1) is 19.4. The molecule has 7 nitrogen and oxygen atoms in total. The van der Waals surface area contributed by atoms with Crippen LogP contribution in [0.25, 0.3) is 0 Å². The third-order valence-electron chi connectivity index (χ3n) is 3.68. The van der Waals surface area contributed by atoms with Crippen LogP contribution in [-0.4, -0.2) is 49.7 Å². The van der Waals surface area contributed by atoms with Crippen molar-refractivity contribution in [2.75, 3.05) is 33.1 Å². The summed E-state index contributed by atoms with van der Waals surface area (Å²) in [6.45, 7) is 0.0310. The maximum atomic E-state index is 12.8. The third-order valence-corrected chi connectivity index (χ3v) is 3.68. The van der Waals surface area contributed by atoms with Crippen LogP contribution in [0.2, 0.25) is 0 Å². The summed E-state index contributed by atoms with van der Waals surface area (Å²) in [5, 5.41) is 17.2. The zero-order valence-electron chi connectivity index (χ0n) is 15.0. The van der Waals surface area contributed by atoms with E-state index in [2.05, 4.69) is 10.5 Å². The lowest BCUT2D eigenvalue weighted by atomic mass is 9.96. The van der Waals surface area contributed by atoms with Gasteiger partial charge in [0.1, 0.15) is 17.4 Å². The third kappa shape index (κ3) is 5.30. The number of carbonyl (C=O) groups is 1. The predicted octanol–water partition coefficient (Wildman–Crippen LogP) is 2.62. The van der Waals surface area contributed by atoms with Crippen LogP contribution in [0.1, 0.15) is 5.56 Å². The quantitative estimate of drug-likeness (QED) is 0.431. The fourth-order valence-electron chi connectivity index (χ4n) is 2.34. The number of hydrogen-bond donors (Lipinski definition) is 2. The molecule has 0 aliphatic heterocycles. The standard InChI is InChI=1S/C19H23N3O4/c1-22(2)26-13-17(18(21-24)14-7-5-4-6-8-14)19(23)20-15-9-11-16(25-3)12-10-15/h4-12,17,24H,13H2,1-3H3,(H,20,23). The Morgan fingerprint density at radius 2 is 1.81 bits per heavy atom. The lowest BCUT2D eigenvalue weighted by molar-refractivity contribution is -0.138. The van der Waals surface area contributed by atoms with Crippen molar-refractivity contribution in [1.29, 1.82) is 0 Å². The highest BCUT2D eigenvalue weighted by atomic mass is 16.7. The van der Waals surface area contributed by atoms with E-state index in [0.717, 1.165) is 0 Å². The van der Waals surface area contributed by atoms with Gasteiger partial charge in [0.25, 0.3) is 0 Å². The summed E-state index contributed by atoms with van der Waals surface area (Å²) in [5.41, 5.74) is 1.49. The van der Waals surface area contributed by atoms with Crippen molar-refractivity contribution in [1.82, 2.24) is 5.06 Å². The molecule has 2 rings (SSSR count). The summed E-state index contributed by atoms with van der Waals surface area (Å²) in [7, 11) is 5.01. The van der Waals surface area contributed by atoms with Gasteiger partial charge in [-0.15, -0.1) is 0 Å². The second-order valence-corrected chi connectivity index (χ2v) is 5.73. The molecule has 0 aliphatic carbocycles. The van der Waals surface area contributed by atoms with E-state index < -0.39 is 5.92 Å². The number of oxime groups is 1. The Bertz CT molecular complexity index is 730. The molecule has 138 valence electrons. The Labute approximate surface area is 152 Å². The fraction of sp³-hybridized carbons (Fsp3) is 0.263. The molecular weight excluding hydrogens is 334 g/mol. The molecule has 7 heteroatoms. The molecule has 0 radical (unpaired) electrons. The van der Waals surface area contributed by atoms with Crippen molar-refractivity contribution in [3.63, 3.8) is 0 Å². The smallest absolute Gasteiger partial charge is 0.236 e. The summed E-state index contributed by atoms with van der Waals surface area (Å²) < 4.78 is 5.11. The molecule has 0 saturated heterocycles. The van der Waals surface area contributed by atoms with Gasteiger partial charge in [-0.05, 0) is 24.3 Å². The summed E-state index contributed by atoms with van der Waals surface area (Å²) in [5.74, 6) is -0.446. The minimum Gasteiger partial charge on any atom is -0.497 e. The van der Waals surface area contributed by atoms with Crippen molar-refractivity contribution in [2.45, 2.75) is 0 Å². The number of carbonyl (C=O) groups excluding carboxylic acids is 1. The van der Waals surface area contributed by atoms with Gasteiger partial charge in [-0.3, -0.25) is 9.63 Å². The maximum absolute atomic E-state index is 12.8. The van der Waals surface area contributed by atoms with E-state index in [4.69, 9.17) is 9.57 Å². The van der Waals surface area contributed by atoms with E-state index in [1.807, 2.05) is 18.2 Å². The molecule has 2 N–H and O–H groups in total. The first-order valence-electron chi connectivity index (χ1n) is 8.07. The molecule has 2 aromatic rings. The summed E-state index contributed by atoms with van der Waals surface area (Å²) >= 11 is 0. The molecule has 0 spiro atoms. The lowest BCUT2D eigenvalue weighted by Gasteiger charge is -2.20. The fourth-order valence-corrected chi connectivity index (χ4v) is 2.34. The Hall–Kier alpha value is -2.90. The van der Waals surface area contributed by atoms with Gasteiger partial charge in [0.05, 0.1) is 13.7 Å². The molecule has 0 aliphatic rings. The molecule has 1 unspecified atom stereocenters. The number of anilines is 1. The molecule has 0 fully saturated rings. The number of amides is 1. The van der Waals surface area contributed by atoms with Crippen LogP contribution in [0.15, 0.2) is 59.8 Å². The Balaban J connectivity index is 2.23. The van der Waals surface area contributed by atoms with Crippen LogP contribution in [0.4, 0.5) is 5.69 Å². The highest BCUT2D eigenvalue weighted by molar-refractivity contribution is 6.16. The van der Waals surface area contributed by atoms with Crippen LogP contribution < -0.4 is 10.1 Å². The number of benzene rings is 2. The largest absolute Gasteiger partial charge is 0.497 e. The van der Waals surface area contributed by atoms with Crippen molar-refractivity contribution in [2.24, 2.45) is 11.1 Å². The summed E-state index contributed by atoms with van der Waals surface area (Å²) in [6, 6.07) is 16.0. The molecular formula is C19H23N3O4. The van der Waals surface area contributed by atoms with Crippen LogP contribution in [-0.2, 0) is 9.63 Å². The Morgan fingerprint density at radius 1 is 1.15 bits per heavy atom. The molecule has 0 aromatic heterocycles. The minimum absolute atomic E-state index is 0.0310. The molecule has 1 atom stereocenters. The number of nitrogens with one attached hydrogen (secondary N) is 1. The SMILES string of the molecule is COc1ccc(NC(=O)C(CON(C)C)C(=NO)c2ccccc2)cc1. The monoisotopic (exact) mass is 357 g/mol. The van der Waals surface area contributed by atoms with Crippen molar-refractivity contribution >= 4 is 17.3 Å². The Kier molecular flexibility index (Phi) is 7.13. The van der Waals surface area contributed by atoms with Gasteiger partial charge in [0, 0.05) is 25.3 Å². The van der Waals surface area contributed by atoms with Gasteiger partial charge in [0.15, 0.2) is 0 Å². The van der Waals surface area contributed by atoms with E-state index >= 15 is 0 Å².